The van der Waals surface area contributed by atoms with Crippen molar-refractivity contribution in [1.29, 1.82) is 0 Å². The molecule has 0 aliphatic rings. The molecule has 0 aliphatic heterocycles. The van der Waals surface area contributed by atoms with Gasteiger partial charge in [-0.15, -0.1) is 11.3 Å². The van der Waals surface area contributed by atoms with E-state index in [0.717, 1.165) is 4.70 Å². The monoisotopic (exact) mass is 214 g/mol. The molecule has 0 radical (unpaired) electrons. The lowest BCUT2D eigenvalue weighted by molar-refractivity contribution is 0.146. The summed E-state index contributed by atoms with van der Waals surface area (Å²) < 4.78 is 25.8. The summed E-state index contributed by atoms with van der Waals surface area (Å²) in [5.41, 5.74) is 1.15. The topological polar surface area (TPSA) is 24.9 Å². The van der Waals surface area contributed by atoms with E-state index in [0.29, 0.717) is 11.2 Å². The Bertz CT molecular complexity index is 453. The summed E-state index contributed by atoms with van der Waals surface area (Å²) in [5.74, 6) is 0. The van der Waals surface area contributed by atoms with Crippen molar-refractivity contribution in [1.82, 2.24) is 4.98 Å². The Morgan fingerprint density at radius 2 is 2.29 bits per heavy atom. The van der Waals surface area contributed by atoms with Gasteiger partial charge in [-0.2, -0.15) is 0 Å². The van der Waals surface area contributed by atoms with E-state index < -0.39 is 6.43 Å². The second-order valence-corrected chi connectivity index (χ2v) is 3.70. The second-order valence-electron chi connectivity index (χ2n) is 2.78. The highest BCUT2D eigenvalue weighted by atomic mass is 32.1. The Labute approximate surface area is 83.6 Å². The predicted molar refractivity (Wildman–Crippen MR) is 54.1 cm³/mol. The van der Waals surface area contributed by atoms with E-state index in [1.807, 2.05) is 5.38 Å². The highest BCUT2D eigenvalue weighted by Crippen LogP contribution is 2.30. The number of fused-ring (bicyclic) bond motifs is 1. The molecule has 0 bridgehead atoms. The van der Waals surface area contributed by atoms with Crippen LogP contribution in [0.1, 0.15) is 12.1 Å². The fourth-order valence-electron chi connectivity index (χ4n) is 1.27. The predicted octanol–water partition coefficient (Wildman–Crippen LogP) is 3.28. The normalized spacial score (nSPS) is 11.1. The molecule has 2 nitrogen and oxygen atoms in total. The van der Waals surface area contributed by atoms with Gasteiger partial charge in [0, 0.05) is 7.05 Å². The summed E-state index contributed by atoms with van der Waals surface area (Å²) in [6.45, 7) is 0. The second kappa shape index (κ2) is 3.49. The van der Waals surface area contributed by atoms with Gasteiger partial charge >= 0.3 is 0 Å². The van der Waals surface area contributed by atoms with Crippen molar-refractivity contribution in [2.45, 2.75) is 6.43 Å². The Hall–Kier alpha value is -1.23. The molecule has 0 saturated carbocycles. The molecule has 1 N–H and O–H groups in total. The van der Waals surface area contributed by atoms with Gasteiger partial charge in [0.15, 0.2) is 0 Å². The molecule has 0 fully saturated rings. The zero-order chi connectivity index (χ0) is 10.1. The molecule has 2 rings (SSSR count). The largest absolute Gasteiger partial charge is 0.387 e. The quantitative estimate of drug-likeness (QED) is 0.829. The number of pyridine rings is 1. The van der Waals surface area contributed by atoms with Crippen molar-refractivity contribution in [3.8, 4) is 0 Å². The lowest BCUT2D eigenvalue weighted by Crippen LogP contribution is -1.94. The summed E-state index contributed by atoms with van der Waals surface area (Å²) >= 11 is 1.49. The molecule has 14 heavy (non-hydrogen) atoms. The first-order valence-corrected chi connectivity index (χ1v) is 4.94. The standard InChI is InChI=1S/C9H8F2N2S/c1-12-6-4-7(9(10)11)13-5-2-3-14-8(5)6/h2-4,9H,1H3,(H,12,13). The molecule has 0 unspecified atom stereocenters. The summed E-state index contributed by atoms with van der Waals surface area (Å²) in [6, 6.07) is 3.14. The van der Waals surface area contributed by atoms with E-state index >= 15 is 0 Å². The van der Waals surface area contributed by atoms with Crippen LogP contribution in [0, 0.1) is 0 Å². The number of aromatic nitrogens is 1. The number of hydrogen-bond donors (Lipinski definition) is 1. The Morgan fingerprint density at radius 1 is 1.50 bits per heavy atom. The number of alkyl halides is 2. The van der Waals surface area contributed by atoms with Crippen LogP contribution in [-0.2, 0) is 0 Å². The zero-order valence-corrected chi connectivity index (χ0v) is 8.24. The Morgan fingerprint density at radius 3 is 2.93 bits per heavy atom. The van der Waals surface area contributed by atoms with Gasteiger partial charge in [-0.1, -0.05) is 0 Å². The lowest BCUT2D eigenvalue weighted by atomic mass is 10.3. The zero-order valence-electron chi connectivity index (χ0n) is 7.42. The Balaban J connectivity index is 2.67. The Kier molecular flexibility index (Phi) is 2.33. The van der Waals surface area contributed by atoms with E-state index in [9.17, 15) is 8.78 Å². The van der Waals surface area contributed by atoms with Crippen LogP contribution in [0.2, 0.25) is 0 Å². The summed E-state index contributed by atoms with van der Waals surface area (Å²) in [7, 11) is 1.71. The number of nitrogens with zero attached hydrogens (tertiary/aromatic N) is 1. The molecule has 5 heteroatoms. The average molecular weight is 214 g/mol. The van der Waals surface area contributed by atoms with Gasteiger partial charge in [-0.25, -0.2) is 13.8 Å². The average Bonchev–Trinajstić information content (AvgIpc) is 2.63. The molecule has 0 saturated heterocycles. The molecule has 74 valence electrons. The summed E-state index contributed by atoms with van der Waals surface area (Å²) in [6.07, 6.45) is -2.52. The van der Waals surface area contributed by atoms with Crippen molar-refractivity contribution < 1.29 is 8.78 Å². The molecule has 0 aromatic carbocycles. The van der Waals surface area contributed by atoms with Gasteiger partial charge in [0.2, 0.25) is 0 Å². The van der Waals surface area contributed by atoms with Gasteiger partial charge in [-0.3, -0.25) is 0 Å². The van der Waals surface area contributed by atoms with Crippen LogP contribution < -0.4 is 5.32 Å². The first-order chi connectivity index (χ1) is 6.72. The molecule has 0 amide bonds. The van der Waals surface area contributed by atoms with Crippen LogP contribution in [-0.4, -0.2) is 12.0 Å². The third-order valence-corrected chi connectivity index (χ3v) is 2.86. The van der Waals surface area contributed by atoms with E-state index in [2.05, 4.69) is 10.3 Å². The SMILES string of the molecule is CNc1cc(C(F)F)nc2ccsc12. The molecular formula is C9H8F2N2S. The first kappa shape index (κ1) is 9.33. The van der Waals surface area contributed by atoms with Crippen molar-refractivity contribution in [3.05, 3.63) is 23.2 Å². The smallest absolute Gasteiger partial charge is 0.280 e. The number of hydrogen-bond acceptors (Lipinski definition) is 3. The van der Waals surface area contributed by atoms with Gasteiger partial charge in [0.05, 0.1) is 15.9 Å². The van der Waals surface area contributed by atoms with Gasteiger partial charge in [0.25, 0.3) is 6.43 Å². The van der Waals surface area contributed by atoms with Crippen LogP contribution in [0.4, 0.5) is 14.5 Å². The van der Waals surface area contributed by atoms with E-state index in [1.54, 1.807) is 13.1 Å². The minimum absolute atomic E-state index is 0.180. The number of anilines is 1. The van der Waals surface area contributed by atoms with Crippen LogP contribution in [0.15, 0.2) is 17.5 Å². The maximum atomic E-state index is 12.4. The third-order valence-electron chi connectivity index (χ3n) is 1.92. The minimum atomic E-state index is -2.52. The van der Waals surface area contributed by atoms with Crippen molar-refractivity contribution >= 4 is 27.2 Å². The number of halogens is 2. The fraction of sp³-hybridized carbons (Fsp3) is 0.222. The number of thiophene rings is 1. The molecule has 0 spiro atoms. The van der Waals surface area contributed by atoms with E-state index in [1.165, 1.54) is 17.4 Å². The molecule has 0 aliphatic carbocycles. The molecule has 0 atom stereocenters. The van der Waals surface area contributed by atoms with Crippen molar-refractivity contribution in [2.24, 2.45) is 0 Å². The maximum Gasteiger partial charge on any atom is 0.280 e. The van der Waals surface area contributed by atoms with Crippen LogP contribution >= 0.6 is 11.3 Å². The minimum Gasteiger partial charge on any atom is -0.387 e. The van der Waals surface area contributed by atoms with Crippen LogP contribution in [0.3, 0.4) is 0 Å². The number of nitrogens with one attached hydrogen (secondary N) is 1. The van der Waals surface area contributed by atoms with Crippen molar-refractivity contribution in [3.63, 3.8) is 0 Å². The summed E-state index contributed by atoms with van der Waals surface area (Å²) in [5, 5.41) is 4.73. The van der Waals surface area contributed by atoms with Crippen LogP contribution in [0.5, 0.6) is 0 Å². The molecular weight excluding hydrogens is 206 g/mol. The summed E-state index contributed by atoms with van der Waals surface area (Å²) in [4.78, 5) is 3.86. The lowest BCUT2D eigenvalue weighted by Gasteiger charge is -2.04. The number of rotatable bonds is 2. The maximum absolute atomic E-state index is 12.4. The van der Waals surface area contributed by atoms with Gasteiger partial charge in [0.1, 0.15) is 5.69 Å². The van der Waals surface area contributed by atoms with Gasteiger partial charge in [-0.05, 0) is 17.5 Å². The van der Waals surface area contributed by atoms with Gasteiger partial charge < -0.3 is 5.32 Å². The third kappa shape index (κ3) is 1.43. The van der Waals surface area contributed by atoms with Crippen LogP contribution in [0.25, 0.3) is 10.2 Å². The highest BCUT2D eigenvalue weighted by Gasteiger charge is 2.12. The first-order valence-electron chi connectivity index (χ1n) is 4.06. The molecule has 2 aromatic rings. The highest BCUT2D eigenvalue weighted by molar-refractivity contribution is 7.17. The van der Waals surface area contributed by atoms with Crippen molar-refractivity contribution in [2.75, 3.05) is 12.4 Å². The molecule has 2 aromatic heterocycles. The fourth-order valence-corrected chi connectivity index (χ4v) is 2.13. The molecule has 2 heterocycles. The van der Waals surface area contributed by atoms with E-state index in [-0.39, 0.29) is 5.69 Å². The van der Waals surface area contributed by atoms with E-state index in [4.69, 9.17) is 0 Å².